The van der Waals surface area contributed by atoms with E-state index in [9.17, 15) is 9.18 Å². The van der Waals surface area contributed by atoms with Crippen LogP contribution in [0.3, 0.4) is 0 Å². The summed E-state index contributed by atoms with van der Waals surface area (Å²) >= 11 is 6.26. The number of halogens is 2. The van der Waals surface area contributed by atoms with Gasteiger partial charge in [0.1, 0.15) is 19.4 Å². The van der Waals surface area contributed by atoms with E-state index in [-0.39, 0.29) is 18.4 Å². The Balaban J connectivity index is 0.000000454. The lowest BCUT2D eigenvalue weighted by Crippen LogP contribution is -2.09. The summed E-state index contributed by atoms with van der Waals surface area (Å²) in [5.74, 6) is 1.69. The Labute approximate surface area is 196 Å². The highest BCUT2D eigenvalue weighted by Crippen LogP contribution is 2.43. The number of alkyl halides is 1. The molecule has 1 aromatic heterocycles. The summed E-state index contributed by atoms with van der Waals surface area (Å²) in [4.78, 5) is 9.82. The Morgan fingerprint density at radius 1 is 1.21 bits per heavy atom. The fraction of sp³-hybridized carbons (Fsp3) is 0.348. The molecule has 0 radical (unpaired) electrons. The minimum atomic E-state index is -0.734. The first-order valence-electron chi connectivity index (χ1n) is 10.2. The second-order valence-corrected chi connectivity index (χ2v) is 7.34. The van der Waals surface area contributed by atoms with Crippen LogP contribution in [-0.2, 0) is 27.5 Å². The SMILES string of the molecule is CCOC(C)=O.COc1cccc([C@H]2OCc3nnc(CF)n3-c3ccc(Cl)cc32)c1OC. The van der Waals surface area contributed by atoms with Gasteiger partial charge in [-0.2, -0.15) is 0 Å². The maximum absolute atomic E-state index is 13.5. The van der Waals surface area contributed by atoms with E-state index in [1.54, 1.807) is 37.8 Å². The smallest absolute Gasteiger partial charge is 0.302 e. The van der Waals surface area contributed by atoms with Gasteiger partial charge in [0.15, 0.2) is 23.1 Å². The van der Waals surface area contributed by atoms with Gasteiger partial charge in [0.25, 0.3) is 0 Å². The van der Waals surface area contributed by atoms with Crippen molar-refractivity contribution in [2.24, 2.45) is 0 Å². The van der Waals surface area contributed by atoms with E-state index < -0.39 is 12.8 Å². The first kappa shape index (κ1) is 24.5. The van der Waals surface area contributed by atoms with Crippen LogP contribution in [0.1, 0.15) is 42.7 Å². The molecule has 0 saturated carbocycles. The van der Waals surface area contributed by atoms with Crippen LogP contribution in [0.25, 0.3) is 5.69 Å². The number of nitrogens with zero attached hydrogens (tertiary/aromatic N) is 3. The number of hydrogen-bond donors (Lipinski definition) is 0. The maximum Gasteiger partial charge on any atom is 0.302 e. The van der Waals surface area contributed by atoms with Crippen molar-refractivity contribution >= 4 is 17.6 Å². The van der Waals surface area contributed by atoms with Gasteiger partial charge < -0.3 is 18.9 Å². The van der Waals surface area contributed by atoms with Crippen molar-refractivity contribution in [2.45, 2.75) is 33.2 Å². The fourth-order valence-electron chi connectivity index (χ4n) is 3.58. The predicted octanol–water partition coefficient (Wildman–Crippen LogP) is 4.60. The molecule has 0 aliphatic carbocycles. The van der Waals surface area contributed by atoms with Gasteiger partial charge in [-0.05, 0) is 31.2 Å². The van der Waals surface area contributed by atoms with Gasteiger partial charge in [-0.15, -0.1) is 10.2 Å². The number of benzene rings is 2. The molecule has 10 heteroatoms. The number of fused-ring (bicyclic) bond motifs is 3. The van der Waals surface area contributed by atoms with Gasteiger partial charge >= 0.3 is 5.97 Å². The minimum absolute atomic E-state index is 0.157. The van der Waals surface area contributed by atoms with Crippen LogP contribution in [0.5, 0.6) is 11.5 Å². The van der Waals surface area contributed by atoms with E-state index in [2.05, 4.69) is 14.9 Å². The summed E-state index contributed by atoms with van der Waals surface area (Å²) in [6, 6.07) is 10.9. The van der Waals surface area contributed by atoms with Crippen molar-refractivity contribution in [3.05, 3.63) is 64.2 Å². The summed E-state index contributed by atoms with van der Waals surface area (Å²) in [7, 11) is 3.16. The average Bonchev–Trinajstić information content (AvgIpc) is 3.15. The van der Waals surface area contributed by atoms with Gasteiger partial charge in [-0.3, -0.25) is 9.36 Å². The third-order valence-corrected chi connectivity index (χ3v) is 5.11. The topological polar surface area (TPSA) is 84.7 Å². The molecule has 8 nitrogen and oxygen atoms in total. The number of methoxy groups -OCH3 is 2. The van der Waals surface area contributed by atoms with Crippen molar-refractivity contribution < 1.29 is 28.1 Å². The predicted molar refractivity (Wildman–Crippen MR) is 120 cm³/mol. The lowest BCUT2D eigenvalue weighted by Gasteiger charge is -2.22. The highest BCUT2D eigenvalue weighted by molar-refractivity contribution is 6.30. The van der Waals surface area contributed by atoms with Gasteiger partial charge in [0, 0.05) is 23.1 Å². The first-order chi connectivity index (χ1) is 15.9. The molecule has 1 atom stereocenters. The van der Waals surface area contributed by atoms with Crippen LogP contribution in [0, 0.1) is 0 Å². The molecule has 0 unspecified atom stereocenters. The van der Waals surface area contributed by atoms with Crippen LogP contribution in [0.2, 0.25) is 5.02 Å². The monoisotopic (exact) mass is 477 g/mol. The van der Waals surface area contributed by atoms with E-state index in [1.165, 1.54) is 6.92 Å². The van der Waals surface area contributed by atoms with Gasteiger partial charge in [0.05, 0.1) is 26.5 Å². The van der Waals surface area contributed by atoms with E-state index in [0.717, 1.165) is 16.8 Å². The number of ether oxygens (including phenoxy) is 4. The minimum Gasteiger partial charge on any atom is -0.493 e. The van der Waals surface area contributed by atoms with E-state index in [1.807, 2.05) is 24.3 Å². The second-order valence-electron chi connectivity index (χ2n) is 6.90. The standard InChI is InChI=1S/C19H17ClFN3O3.C4H8O2/c1-25-15-5-3-4-12(19(15)26-2)18-13-8-11(20)6-7-14(13)24-16(9-21)22-23-17(24)10-27-18;1-3-6-4(2)5/h3-8,18H,9-10H2,1-2H3;3H2,1-2H3/t18-;/m1./s1. The molecule has 0 amide bonds. The van der Waals surface area contributed by atoms with Gasteiger partial charge in [-0.25, -0.2) is 4.39 Å². The number of para-hydroxylation sites is 1. The molecule has 0 N–H and O–H groups in total. The summed E-state index contributed by atoms with van der Waals surface area (Å²) in [5, 5.41) is 8.53. The quantitative estimate of drug-likeness (QED) is 0.496. The summed E-state index contributed by atoms with van der Waals surface area (Å²) in [5.41, 5.74) is 2.27. The van der Waals surface area contributed by atoms with Crippen molar-refractivity contribution in [1.82, 2.24) is 14.8 Å². The largest absolute Gasteiger partial charge is 0.493 e. The molecular weight excluding hydrogens is 453 g/mol. The number of esters is 1. The Hall–Kier alpha value is -3.17. The molecule has 0 bridgehead atoms. The Morgan fingerprint density at radius 3 is 2.61 bits per heavy atom. The van der Waals surface area contributed by atoms with Gasteiger partial charge in [0.2, 0.25) is 0 Å². The molecule has 4 rings (SSSR count). The van der Waals surface area contributed by atoms with Crippen molar-refractivity contribution in [1.29, 1.82) is 0 Å². The van der Waals surface area contributed by atoms with E-state index >= 15 is 0 Å². The van der Waals surface area contributed by atoms with Crippen LogP contribution >= 0.6 is 11.6 Å². The normalized spacial score (nSPS) is 14.2. The van der Waals surface area contributed by atoms with Crippen molar-refractivity contribution in [3.63, 3.8) is 0 Å². The molecule has 0 spiro atoms. The third-order valence-electron chi connectivity index (χ3n) is 4.87. The number of aromatic nitrogens is 3. The third kappa shape index (κ3) is 5.26. The molecule has 2 aromatic carbocycles. The zero-order valence-electron chi connectivity index (χ0n) is 18.8. The lowest BCUT2D eigenvalue weighted by molar-refractivity contribution is -0.140. The Kier molecular flexibility index (Phi) is 8.24. The summed E-state index contributed by atoms with van der Waals surface area (Å²) in [6.45, 7) is 3.08. The summed E-state index contributed by atoms with van der Waals surface area (Å²) in [6.07, 6.45) is -0.502. The molecule has 1 aliphatic rings. The fourth-order valence-corrected chi connectivity index (χ4v) is 3.76. The van der Waals surface area contributed by atoms with Gasteiger partial charge in [-0.1, -0.05) is 23.7 Å². The molecule has 0 saturated heterocycles. The Bertz CT molecular complexity index is 1120. The molecule has 176 valence electrons. The molecule has 1 aliphatic heterocycles. The Morgan fingerprint density at radius 2 is 2.00 bits per heavy atom. The number of carbonyl (C=O) groups is 1. The number of rotatable bonds is 5. The zero-order valence-corrected chi connectivity index (χ0v) is 19.6. The van der Waals surface area contributed by atoms with Crippen molar-refractivity contribution in [3.8, 4) is 17.2 Å². The highest BCUT2D eigenvalue weighted by atomic mass is 35.5. The average molecular weight is 478 g/mol. The molecule has 3 aromatic rings. The molecular formula is C23H25ClFN3O5. The van der Waals surface area contributed by atoms with Crippen LogP contribution in [-0.4, -0.2) is 41.6 Å². The molecule has 0 fully saturated rings. The number of carbonyl (C=O) groups excluding carboxylic acids is 1. The zero-order chi connectivity index (χ0) is 24.0. The van der Waals surface area contributed by atoms with Crippen molar-refractivity contribution in [2.75, 3.05) is 20.8 Å². The number of hydrogen-bond acceptors (Lipinski definition) is 7. The van der Waals surface area contributed by atoms with Crippen LogP contribution < -0.4 is 9.47 Å². The van der Waals surface area contributed by atoms with E-state index in [4.69, 9.17) is 25.8 Å². The first-order valence-corrected chi connectivity index (χ1v) is 10.6. The molecule has 33 heavy (non-hydrogen) atoms. The second kappa shape index (κ2) is 11.1. The lowest BCUT2D eigenvalue weighted by atomic mass is 9.98. The van der Waals surface area contributed by atoms with Crippen LogP contribution in [0.15, 0.2) is 36.4 Å². The molecule has 2 heterocycles. The van der Waals surface area contributed by atoms with E-state index in [0.29, 0.717) is 29.0 Å². The summed E-state index contributed by atoms with van der Waals surface area (Å²) < 4.78 is 36.7. The van der Waals surface area contributed by atoms with Crippen LogP contribution in [0.4, 0.5) is 4.39 Å². The maximum atomic E-state index is 13.5. The highest BCUT2D eigenvalue weighted by Gasteiger charge is 2.30.